The molecule has 0 saturated carbocycles. The van der Waals surface area contributed by atoms with Crippen molar-refractivity contribution in [2.24, 2.45) is 0 Å². The van der Waals surface area contributed by atoms with Crippen LogP contribution in [0, 0.1) is 0 Å². The van der Waals surface area contributed by atoms with Crippen LogP contribution in [0.5, 0.6) is 0 Å². The standard InChI is InChI=1S/C12H19N3O/c1-15(8-11-2-4-13-5-3-11)9-12-10-16-7-6-14-12/h2-5,12,14H,6-10H2,1H3. The van der Waals surface area contributed by atoms with Gasteiger partial charge in [-0.2, -0.15) is 0 Å². The van der Waals surface area contributed by atoms with Crippen LogP contribution < -0.4 is 5.32 Å². The first-order valence-corrected chi connectivity index (χ1v) is 5.73. The smallest absolute Gasteiger partial charge is 0.0632 e. The van der Waals surface area contributed by atoms with Gasteiger partial charge < -0.3 is 15.0 Å². The second-order valence-electron chi connectivity index (χ2n) is 4.28. The molecule has 0 bridgehead atoms. The van der Waals surface area contributed by atoms with E-state index in [0.29, 0.717) is 6.04 Å². The summed E-state index contributed by atoms with van der Waals surface area (Å²) in [4.78, 5) is 6.32. The van der Waals surface area contributed by atoms with E-state index in [4.69, 9.17) is 4.74 Å². The summed E-state index contributed by atoms with van der Waals surface area (Å²) in [5.41, 5.74) is 1.30. The third-order valence-corrected chi connectivity index (χ3v) is 2.73. The monoisotopic (exact) mass is 221 g/mol. The summed E-state index contributed by atoms with van der Waals surface area (Å²) in [5.74, 6) is 0. The molecule has 0 amide bonds. The highest BCUT2D eigenvalue weighted by molar-refractivity contribution is 5.09. The van der Waals surface area contributed by atoms with Gasteiger partial charge in [0.25, 0.3) is 0 Å². The summed E-state index contributed by atoms with van der Waals surface area (Å²) in [5, 5.41) is 3.46. The van der Waals surface area contributed by atoms with Crippen LogP contribution in [0.1, 0.15) is 5.56 Å². The van der Waals surface area contributed by atoms with Crippen molar-refractivity contribution in [1.29, 1.82) is 0 Å². The topological polar surface area (TPSA) is 37.4 Å². The average Bonchev–Trinajstić information content (AvgIpc) is 2.31. The Morgan fingerprint density at radius 2 is 2.31 bits per heavy atom. The van der Waals surface area contributed by atoms with E-state index in [-0.39, 0.29) is 0 Å². The number of aromatic nitrogens is 1. The maximum atomic E-state index is 5.43. The van der Waals surface area contributed by atoms with E-state index in [9.17, 15) is 0 Å². The van der Waals surface area contributed by atoms with Crippen molar-refractivity contribution in [3.05, 3.63) is 30.1 Å². The van der Waals surface area contributed by atoms with Crippen LogP contribution >= 0.6 is 0 Å². The highest BCUT2D eigenvalue weighted by Crippen LogP contribution is 2.03. The van der Waals surface area contributed by atoms with Crippen molar-refractivity contribution in [3.63, 3.8) is 0 Å². The second kappa shape index (κ2) is 5.94. The lowest BCUT2D eigenvalue weighted by Crippen LogP contribution is -2.47. The molecular weight excluding hydrogens is 202 g/mol. The van der Waals surface area contributed by atoms with Gasteiger partial charge in [-0.15, -0.1) is 0 Å². The van der Waals surface area contributed by atoms with Gasteiger partial charge in [0.05, 0.1) is 13.2 Å². The van der Waals surface area contributed by atoms with Crippen LogP contribution in [-0.2, 0) is 11.3 Å². The molecule has 1 saturated heterocycles. The highest BCUT2D eigenvalue weighted by Gasteiger charge is 2.14. The molecule has 88 valence electrons. The van der Waals surface area contributed by atoms with E-state index in [2.05, 4.69) is 34.4 Å². The Bertz CT molecular complexity index is 298. The molecule has 1 aliphatic heterocycles. The van der Waals surface area contributed by atoms with E-state index in [1.807, 2.05) is 12.4 Å². The molecule has 4 nitrogen and oxygen atoms in total. The Balaban J connectivity index is 1.77. The maximum absolute atomic E-state index is 5.43. The minimum atomic E-state index is 0.459. The van der Waals surface area contributed by atoms with Crippen LogP contribution in [0.25, 0.3) is 0 Å². The molecule has 0 aliphatic carbocycles. The molecule has 1 aromatic rings. The van der Waals surface area contributed by atoms with Gasteiger partial charge in [-0.3, -0.25) is 4.98 Å². The molecule has 0 radical (unpaired) electrons. The Hall–Kier alpha value is -0.970. The first kappa shape index (κ1) is 11.5. The molecule has 0 aromatic carbocycles. The zero-order valence-electron chi connectivity index (χ0n) is 9.72. The first-order chi connectivity index (χ1) is 7.84. The molecule has 1 N–H and O–H groups in total. The Kier molecular flexibility index (Phi) is 4.27. The van der Waals surface area contributed by atoms with Gasteiger partial charge in [-0.05, 0) is 24.7 Å². The number of morpholine rings is 1. The van der Waals surface area contributed by atoms with E-state index in [1.165, 1.54) is 5.56 Å². The molecular formula is C12H19N3O. The van der Waals surface area contributed by atoms with Crippen LogP contribution in [0.15, 0.2) is 24.5 Å². The molecule has 1 aliphatic rings. The zero-order chi connectivity index (χ0) is 11.2. The van der Waals surface area contributed by atoms with Gasteiger partial charge in [0, 0.05) is 38.1 Å². The molecule has 1 fully saturated rings. The largest absolute Gasteiger partial charge is 0.378 e. The zero-order valence-corrected chi connectivity index (χ0v) is 9.72. The van der Waals surface area contributed by atoms with Crippen molar-refractivity contribution < 1.29 is 4.74 Å². The SMILES string of the molecule is CN(Cc1ccncc1)CC1COCCN1. The quantitative estimate of drug-likeness (QED) is 0.803. The van der Waals surface area contributed by atoms with Crippen LogP contribution in [0.4, 0.5) is 0 Å². The van der Waals surface area contributed by atoms with Crippen molar-refractivity contribution in [1.82, 2.24) is 15.2 Å². The highest BCUT2D eigenvalue weighted by atomic mass is 16.5. The lowest BCUT2D eigenvalue weighted by atomic mass is 10.2. The Labute approximate surface area is 96.6 Å². The molecule has 1 aromatic heterocycles. The van der Waals surface area contributed by atoms with Crippen LogP contribution in [0.2, 0.25) is 0 Å². The fourth-order valence-corrected chi connectivity index (χ4v) is 1.98. The maximum Gasteiger partial charge on any atom is 0.0632 e. The summed E-state index contributed by atoms with van der Waals surface area (Å²) in [6.07, 6.45) is 3.68. The third kappa shape index (κ3) is 3.56. The summed E-state index contributed by atoms with van der Waals surface area (Å²) in [7, 11) is 2.14. The molecule has 0 spiro atoms. The number of hydrogen-bond acceptors (Lipinski definition) is 4. The minimum Gasteiger partial charge on any atom is -0.378 e. The third-order valence-electron chi connectivity index (χ3n) is 2.73. The number of ether oxygens (including phenoxy) is 1. The van der Waals surface area contributed by atoms with Crippen LogP contribution in [0.3, 0.4) is 0 Å². The lowest BCUT2D eigenvalue weighted by Gasteiger charge is -2.28. The van der Waals surface area contributed by atoms with E-state index < -0.39 is 0 Å². The number of nitrogens with one attached hydrogen (secondary N) is 1. The Morgan fingerprint density at radius 3 is 3.00 bits per heavy atom. The number of nitrogens with zero attached hydrogens (tertiary/aromatic N) is 2. The molecule has 16 heavy (non-hydrogen) atoms. The van der Waals surface area contributed by atoms with E-state index >= 15 is 0 Å². The number of pyridine rings is 1. The van der Waals surface area contributed by atoms with Gasteiger partial charge in [0.2, 0.25) is 0 Å². The number of rotatable bonds is 4. The van der Waals surface area contributed by atoms with Gasteiger partial charge in [0.1, 0.15) is 0 Å². The normalized spacial score (nSPS) is 21.2. The summed E-state index contributed by atoms with van der Waals surface area (Å²) < 4.78 is 5.43. The minimum absolute atomic E-state index is 0.459. The Morgan fingerprint density at radius 1 is 1.50 bits per heavy atom. The molecule has 2 heterocycles. The predicted octanol–water partition coefficient (Wildman–Crippen LogP) is 0.502. The fourth-order valence-electron chi connectivity index (χ4n) is 1.98. The van der Waals surface area contributed by atoms with E-state index in [1.54, 1.807) is 0 Å². The number of likely N-dealkylation sites (N-methyl/N-ethyl adjacent to an activating group) is 1. The van der Waals surface area contributed by atoms with E-state index in [0.717, 1.165) is 32.8 Å². The fraction of sp³-hybridized carbons (Fsp3) is 0.583. The summed E-state index contributed by atoms with van der Waals surface area (Å²) in [6.45, 7) is 4.60. The molecule has 1 unspecified atom stereocenters. The van der Waals surface area contributed by atoms with Crippen molar-refractivity contribution in [2.45, 2.75) is 12.6 Å². The molecule has 1 atom stereocenters. The van der Waals surface area contributed by atoms with Crippen molar-refractivity contribution in [2.75, 3.05) is 33.4 Å². The van der Waals surface area contributed by atoms with Crippen molar-refractivity contribution in [3.8, 4) is 0 Å². The average molecular weight is 221 g/mol. The number of hydrogen-bond donors (Lipinski definition) is 1. The van der Waals surface area contributed by atoms with Crippen molar-refractivity contribution >= 4 is 0 Å². The van der Waals surface area contributed by atoms with Gasteiger partial charge in [0.15, 0.2) is 0 Å². The van der Waals surface area contributed by atoms with Gasteiger partial charge in [-0.1, -0.05) is 0 Å². The predicted molar refractivity (Wildman–Crippen MR) is 63.2 cm³/mol. The molecule has 2 rings (SSSR count). The van der Waals surface area contributed by atoms with Gasteiger partial charge >= 0.3 is 0 Å². The second-order valence-corrected chi connectivity index (χ2v) is 4.28. The van der Waals surface area contributed by atoms with Crippen LogP contribution in [-0.4, -0.2) is 49.3 Å². The molecule has 4 heteroatoms. The van der Waals surface area contributed by atoms with Gasteiger partial charge in [-0.25, -0.2) is 0 Å². The lowest BCUT2D eigenvalue weighted by molar-refractivity contribution is 0.0645. The summed E-state index contributed by atoms with van der Waals surface area (Å²) >= 11 is 0. The summed E-state index contributed by atoms with van der Waals surface area (Å²) in [6, 6.07) is 4.57. The first-order valence-electron chi connectivity index (χ1n) is 5.73.